The minimum atomic E-state index is -1.14. The molecule has 0 unspecified atom stereocenters. The Kier molecular flexibility index (Phi) is 5.91. The number of benzene rings is 1. The van der Waals surface area contributed by atoms with Crippen LogP contribution in [0.2, 0.25) is 0 Å². The van der Waals surface area contributed by atoms with Gasteiger partial charge in [-0.25, -0.2) is 4.79 Å². The predicted molar refractivity (Wildman–Crippen MR) is 105 cm³/mol. The summed E-state index contributed by atoms with van der Waals surface area (Å²) in [6, 6.07) is 6.57. The molecule has 3 rings (SSSR count). The van der Waals surface area contributed by atoms with Crippen LogP contribution in [-0.4, -0.2) is 54.4 Å². The average Bonchev–Trinajstić information content (AvgIpc) is 3.49. The minimum absolute atomic E-state index is 0.168. The van der Waals surface area contributed by atoms with Crippen LogP contribution in [0.3, 0.4) is 0 Å². The monoisotopic (exact) mass is 387 g/mol. The van der Waals surface area contributed by atoms with Crippen LogP contribution in [0.15, 0.2) is 24.3 Å². The van der Waals surface area contributed by atoms with Gasteiger partial charge in [-0.2, -0.15) is 0 Å². The number of imide groups is 1. The zero-order valence-corrected chi connectivity index (χ0v) is 16.9. The molecule has 1 N–H and O–H groups in total. The zero-order chi connectivity index (χ0) is 20.3. The van der Waals surface area contributed by atoms with Crippen LogP contribution in [0.4, 0.5) is 4.79 Å². The standard InChI is InChI=1S/C21H29N3O4/c1-4-12-23(13-15-6-7-15)18(25)14-24-19(26)21(5-2,22-20(24)27)16-8-10-17(28-3)11-9-16/h8-11,15H,4-7,12-14H2,1-3H3,(H,22,27)/t21-/m0/s1. The summed E-state index contributed by atoms with van der Waals surface area (Å²) in [5.74, 6) is 0.696. The fraction of sp³-hybridized carbons (Fsp3) is 0.571. The Morgan fingerprint density at radius 2 is 1.93 bits per heavy atom. The van der Waals surface area contributed by atoms with Crippen LogP contribution in [0, 0.1) is 5.92 Å². The molecule has 1 aromatic rings. The van der Waals surface area contributed by atoms with Crippen molar-refractivity contribution in [2.75, 3.05) is 26.7 Å². The van der Waals surface area contributed by atoms with Crippen molar-refractivity contribution in [2.45, 2.75) is 45.1 Å². The lowest BCUT2D eigenvalue weighted by molar-refractivity contribution is -0.139. The van der Waals surface area contributed by atoms with Gasteiger partial charge in [0.1, 0.15) is 17.8 Å². The fourth-order valence-corrected chi connectivity index (χ4v) is 3.72. The molecular formula is C21H29N3O4. The van der Waals surface area contributed by atoms with Crippen LogP contribution in [0.5, 0.6) is 5.75 Å². The van der Waals surface area contributed by atoms with Crippen LogP contribution < -0.4 is 10.1 Å². The first kappa shape index (κ1) is 20.2. The number of rotatable bonds is 9. The topological polar surface area (TPSA) is 79.0 Å². The number of methoxy groups -OCH3 is 1. The van der Waals surface area contributed by atoms with Gasteiger partial charge in [0.25, 0.3) is 5.91 Å². The molecule has 0 spiro atoms. The molecule has 1 aliphatic heterocycles. The van der Waals surface area contributed by atoms with E-state index in [1.165, 1.54) is 0 Å². The highest BCUT2D eigenvalue weighted by molar-refractivity contribution is 6.09. The molecule has 0 radical (unpaired) electrons. The third-order valence-electron chi connectivity index (χ3n) is 5.60. The van der Waals surface area contributed by atoms with Crippen molar-refractivity contribution in [2.24, 2.45) is 5.92 Å². The molecule has 4 amide bonds. The van der Waals surface area contributed by atoms with E-state index in [1.54, 1.807) is 36.3 Å². The molecule has 1 aromatic carbocycles. The predicted octanol–water partition coefficient (Wildman–Crippen LogP) is 2.50. The van der Waals surface area contributed by atoms with Crippen molar-refractivity contribution in [1.29, 1.82) is 0 Å². The fourth-order valence-electron chi connectivity index (χ4n) is 3.72. The van der Waals surface area contributed by atoms with Crippen LogP contribution >= 0.6 is 0 Å². The van der Waals surface area contributed by atoms with E-state index in [2.05, 4.69) is 5.32 Å². The summed E-state index contributed by atoms with van der Waals surface area (Å²) in [5, 5.41) is 2.83. The van der Waals surface area contributed by atoms with Crippen LogP contribution in [0.25, 0.3) is 0 Å². The lowest BCUT2D eigenvalue weighted by atomic mass is 9.87. The average molecular weight is 387 g/mol. The molecule has 7 heteroatoms. The molecule has 2 fully saturated rings. The first-order valence-electron chi connectivity index (χ1n) is 10.0. The smallest absolute Gasteiger partial charge is 0.325 e. The molecule has 152 valence electrons. The van der Waals surface area contributed by atoms with Crippen LogP contribution in [0.1, 0.15) is 45.1 Å². The molecule has 2 aliphatic rings. The molecular weight excluding hydrogens is 358 g/mol. The Morgan fingerprint density at radius 1 is 1.25 bits per heavy atom. The summed E-state index contributed by atoms with van der Waals surface area (Å²) >= 11 is 0. The van der Waals surface area contributed by atoms with Gasteiger partial charge >= 0.3 is 6.03 Å². The highest BCUT2D eigenvalue weighted by Crippen LogP contribution is 2.34. The lowest BCUT2D eigenvalue weighted by Crippen LogP contribution is -2.46. The Labute approximate surface area is 166 Å². The van der Waals surface area contributed by atoms with Gasteiger partial charge in [-0.05, 0) is 49.3 Å². The molecule has 1 heterocycles. The van der Waals surface area contributed by atoms with Gasteiger partial charge < -0.3 is 15.0 Å². The van der Waals surface area contributed by atoms with E-state index < -0.39 is 11.6 Å². The summed E-state index contributed by atoms with van der Waals surface area (Å²) in [6.07, 6.45) is 3.54. The second-order valence-corrected chi connectivity index (χ2v) is 7.59. The number of carbonyl (C=O) groups is 3. The Bertz CT molecular complexity index is 745. The van der Waals surface area contributed by atoms with Gasteiger partial charge in [-0.15, -0.1) is 0 Å². The van der Waals surface area contributed by atoms with E-state index in [4.69, 9.17) is 4.74 Å². The third-order valence-corrected chi connectivity index (χ3v) is 5.60. The first-order valence-corrected chi connectivity index (χ1v) is 10.0. The van der Waals surface area contributed by atoms with Crippen molar-refractivity contribution in [3.05, 3.63) is 29.8 Å². The van der Waals surface area contributed by atoms with Gasteiger partial charge in [0.05, 0.1) is 7.11 Å². The molecule has 7 nitrogen and oxygen atoms in total. The van der Waals surface area contributed by atoms with Gasteiger partial charge in [-0.3, -0.25) is 14.5 Å². The molecule has 1 aliphatic carbocycles. The number of ether oxygens (including phenoxy) is 1. The molecule has 1 saturated heterocycles. The van der Waals surface area contributed by atoms with E-state index in [1.807, 2.05) is 13.8 Å². The summed E-state index contributed by atoms with van der Waals surface area (Å²) < 4.78 is 5.17. The highest BCUT2D eigenvalue weighted by Gasteiger charge is 2.51. The van der Waals surface area contributed by atoms with Crippen LogP contribution in [-0.2, 0) is 15.1 Å². The van der Waals surface area contributed by atoms with E-state index in [-0.39, 0.29) is 18.4 Å². The molecule has 28 heavy (non-hydrogen) atoms. The maximum Gasteiger partial charge on any atom is 0.325 e. The molecule has 0 aromatic heterocycles. The van der Waals surface area contributed by atoms with Gasteiger partial charge in [0, 0.05) is 13.1 Å². The quantitative estimate of drug-likeness (QED) is 0.661. The third kappa shape index (κ3) is 3.84. The van der Waals surface area contributed by atoms with Crippen molar-refractivity contribution >= 4 is 17.8 Å². The molecule has 1 atom stereocenters. The van der Waals surface area contributed by atoms with E-state index in [0.29, 0.717) is 36.7 Å². The summed E-state index contributed by atoms with van der Waals surface area (Å²) in [6.45, 7) is 5.02. The van der Waals surface area contributed by atoms with E-state index >= 15 is 0 Å². The zero-order valence-electron chi connectivity index (χ0n) is 16.9. The Balaban J connectivity index is 1.77. The largest absolute Gasteiger partial charge is 0.497 e. The number of nitrogens with one attached hydrogen (secondary N) is 1. The second kappa shape index (κ2) is 8.20. The normalized spacial score (nSPS) is 21.6. The lowest BCUT2D eigenvalue weighted by Gasteiger charge is -2.27. The number of nitrogens with zero attached hydrogens (tertiary/aromatic N) is 2. The van der Waals surface area contributed by atoms with E-state index in [9.17, 15) is 14.4 Å². The van der Waals surface area contributed by atoms with Gasteiger partial charge in [0.15, 0.2) is 0 Å². The summed E-state index contributed by atoms with van der Waals surface area (Å²) in [7, 11) is 1.57. The number of carbonyl (C=O) groups excluding carboxylic acids is 3. The maximum atomic E-state index is 13.2. The summed E-state index contributed by atoms with van der Waals surface area (Å²) in [5.41, 5.74) is -0.456. The van der Waals surface area contributed by atoms with Gasteiger partial charge in [-0.1, -0.05) is 26.0 Å². The number of hydrogen-bond donors (Lipinski definition) is 1. The van der Waals surface area contributed by atoms with E-state index in [0.717, 1.165) is 24.2 Å². The van der Waals surface area contributed by atoms with Gasteiger partial charge in [0.2, 0.25) is 5.91 Å². The Morgan fingerprint density at radius 3 is 2.46 bits per heavy atom. The van der Waals surface area contributed by atoms with Crippen molar-refractivity contribution in [1.82, 2.24) is 15.1 Å². The first-order chi connectivity index (χ1) is 13.4. The van der Waals surface area contributed by atoms with Crippen molar-refractivity contribution < 1.29 is 19.1 Å². The minimum Gasteiger partial charge on any atom is -0.497 e. The maximum absolute atomic E-state index is 13.2. The SMILES string of the molecule is CCCN(CC1CC1)C(=O)CN1C(=O)N[C@@](CC)(c2ccc(OC)cc2)C1=O. The van der Waals surface area contributed by atoms with Crippen molar-refractivity contribution in [3.8, 4) is 5.75 Å². The number of amides is 4. The second-order valence-electron chi connectivity index (χ2n) is 7.59. The summed E-state index contributed by atoms with van der Waals surface area (Å²) in [4.78, 5) is 41.5. The number of hydrogen-bond acceptors (Lipinski definition) is 4. The van der Waals surface area contributed by atoms with Crippen molar-refractivity contribution in [3.63, 3.8) is 0 Å². The highest BCUT2D eigenvalue weighted by atomic mass is 16.5. The molecule has 1 saturated carbocycles. The number of urea groups is 1. The Hall–Kier alpha value is -2.57. The molecule has 0 bridgehead atoms.